The van der Waals surface area contributed by atoms with E-state index in [1.54, 1.807) is 19.2 Å². The number of hydrogen-bond acceptors (Lipinski definition) is 3. The predicted octanol–water partition coefficient (Wildman–Crippen LogP) is 2.60. The molecule has 1 aliphatic heterocycles. The fourth-order valence-corrected chi connectivity index (χ4v) is 3.27. The lowest BCUT2D eigenvalue weighted by molar-refractivity contribution is -0.0320. The quantitative estimate of drug-likeness (QED) is 0.376. The summed E-state index contributed by atoms with van der Waals surface area (Å²) in [7, 11) is 1.76. The maximum Gasteiger partial charge on any atom is 0.190 e. The molecule has 3 N–H and O–H groups in total. The molecule has 1 saturated heterocycles. The summed E-state index contributed by atoms with van der Waals surface area (Å²) in [6.45, 7) is 3.89. The summed E-state index contributed by atoms with van der Waals surface area (Å²) in [5.41, 5.74) is 2.05. The standard InChI is InChI=1S/C20H29FN4O2/c1-22-20(23-8-2-10-27-17-6-11-26-12-7-17)24-9-5-15-14-25-19-4-3-16(21)13-18(15)19/h3-4,13-14,17,25H,2,5-12H2,1H3,(H2,22,23,24). The Morgan fingerprint density at radius 3 is 2.93 bits per heavy atom. The molecular formula is C20H29FN4O2. The number of nitrogens with zero attached hydrogens (tertiary/aromatic N) is 1. The molecule has 1 aliphatic rings. The number of rotatable bonds is 8. The largest absolute Gasteiger partial charge is 0.381 e. The summed E-state index contributed by atoms with van der Waals surface area (Å²) in [5, 5.41) is 7.54. The van der Waals surface area contributed by atoms with Gasteiger partial charge >= 0.3 is 0 Å². The highest BCUT2D eigenvalue weighted by Crippen LogP contribution is 2.19. The zero-order valence-electron chi connectivity index (χ0n) is 15.9. The van der Waals surface area contributed by atoms with Crippen LogP contribution < -0.4 is 10.6 Å². The van der Waals surface area contributed by atoms with Crippen molar-refractivity contribution in [1.29, 1.82) is 0 Å². The van der Waals surface area contributed by atoms with Crippen molar-refractivity contribution in [2.24, 2.45) is 4.99 Å². The van der Waals surface area contributed by atoms with E-state index in [1.165, 1.54) is 6.07 Å². The van der Waals surface area contributed by atoms with Crippen molar-refractivity contribution in [3.8, 4) is 0 Å². The van der Waals surface area contributed by atoms with Crippen LogP contribution in [-0.2, 0) is 15.9 Å². The van der Waals surface area contributed by atoms with Crippen LogP contribution in [0.4, 0.5) is 4.39 Å². The molecule has 7 heteroatoms. The molecule has 0 amide bonds. The number of H-pyrrole nitrogens is 1. The maximum absolute atomic E-state index is 13.4. The minimum atomic E-state index is -0.211. The number of halogens is 1. The van der Waals surface area contributed by atoms with E-state index in [0.29, 0.717) is 6.10 Å². The van der Waals surface area contributed by atoms with E-state index in [4.69, 9.17) is 9.47 Å². The third-order valence-electron chi connectivity index (χ3n) is 4.78. The van der Waals surface area contributed by atoms with Gasteiger partial charge in [-0.1, -0.05) is 0 Å². The summed E-state index contributed by atoms with van der Waals surface area (Å²) >= 11 is 0. The minimum Gasteiger partial charge on any atom is -0.381 e. The van der Waals surface area contributed by atoms with Gasteiger partial charge in [-0.15, -0.1) is 0 Å². The van der Waals surface area contributed by atoms with Crippen LogP contribution in [-0.4, -0.2) is 57.0 Å². The number of aliphatic imine (C=N–C) groups is 1. The Hall–Kier alpha value is -2.12. The van der Waals surface area contributed by atoms with E-state index in [9.17, 15) is 4.39 Å². The maximum atomic E-state index is 13.4. The molecule has 0 aliphatic carbocycles. The van der Waals surface area contributed by atoms with Crippen LogP contribution in [0.5, 0.6) is 0 Å². The van der Waals surface area contributed by atoms with Crippen LogP contribution in [0, 0.1) is 5.82 Å². The van der Waals surface area contributed by atoms with E-state index in [2.05, 4.69) is 20.6 Å². The van der Waals surface area contributed by atoms with Crippen LogP contribution >= 0.6 is 0 Å². The highest BCUT2D eigenvalue weighted by Gasteiger charge is 2.13. The Balaban J connectivity index is 1.33. The normalized spacial score (nSPS) is 16.0. The summed E-state index contributed by atoms with van der Waals surface area (Å²) in [5.74, 6) is 0.559. The van der Waals surface area contributed by atoms with E-state index < -0.39 is 0 Å². The van der Waals surface area contributed by atoms with Gasteiger partial charge in [0, 0.05) is 57.1 Å². The zero-order valence-corrected chi connectivity index (χ0v) is 15.9. The monoisotopic (exact) mass is 376 g/mol. The molecule has 1 fully saturated rings. The minimum absolute atomic E-state index is 0.211. The first kappa shape index (κ1) is 19.6. The molecule has 0 unspecified atom stereocenters. The van der Waals surface area contributed by atoms with Crippen molar-refractivity contribution >= 4 is 16.9 Å². The van der Waals surface area contributed by atoms with Crippen LogP contribution in [0.25, 0.3) is 10.9 Å². The van der Waals surface area contributed by atoms with Crippen molar-refractivity contribution in [1.82, 2.24) is 15.6 Å². The Morgan fingerprint density at radius 2 is 2.11 bits per heavy atom. The molecule has 0 saturated carbocycles. The lowest BCUT2D eigenvalue weighted by atomic mass is 10.1. The Bertz CT molecular complexity index is 741. The molecule has 0 radical (unpaired) electrons. The number of aromatic nitrogens is 1. The van der Waals surface area contributed by atoms with Crippen molar-refractivity contribution in [2.45, 2.75) is 31.8 Å². The van der Waals surface area contributed by atoms with Crippen LogP contribution in [0.2, 0.25) is 0 Å². The van der Waals surface area contributed by atoms with Crippen molar-refractivity contribution in [2.75, 3.05) is 40.0 Å². The van der Waals surface area contributed by atoms with Crippen LogP contribution in [0.3, 0.4) is 0 Å². The number of fused-ring (bicyclic) bond motifs is 1. The first-order chi connectivity index (χ1) is 13.3. The molecule has 2 aromatic rings. The molecule has 148 valence electrons. The predicted molar refractivity (Wildman–Crippen MR) is 106 cm³/mol. The van der Waals surface area contributed by atoms with Gasteiger partial charge in [-0.05, 0) is 49.4 Å². The number of guanidine groups is 1. The number of aromatic amines is 1. The number of hydrogen-bond donors (Lipinski definition) is 3. The summed E-state index contributed by atoms with van der Waals surface area (Å²) in [6.07, 6.45) is 5.99. The van der Waals surface area contributed by atoms with Crippen molar-refractivity contribution in [3.05, 3.63) is 35.8 Å². The topological polar surface area (TPSA) is 70.7 Å². The van der Waals surface area contributed by atoms with Gasteiger partial charge in [0.05, 0.1) is 6.10 Å². The Morgan fingerprint density at radius 1 is 1.30 bits per heavy atom. The molecule has 3 rings (SSSR count). The van der Waals surface area contributed by atoms with Crippen molar-refractivity contribution in [3.63, 3.8) is 0 Å². The lowest BCUT2D eigenvalue weighted by Crippen LogP contribution is -2.39. The Labute approximate surface area is 159 Å². The van der Waals surface area contributed by atoms with E-state index >= 15 is 0 Å². The fourth-order valence-electron chi connectivity index (χ4n) is 3.27. The molecule has 0 spiro atoms. The van der Waals surface area contributed by atoms with E-state index in [0.717, 1.165) is 81.0 Å². The second-order valence-electron chi connectivity index (χ2n) is 6.72. The SMILES string of the molecule is CN=C(NCCCOC1CCOCC1)NCCc1c[nH]c2ccc(F)cc12. The summed E-state index contributed by atoms with van der Waals surface area (Å²) in [4.78, 5) is 7.42. The average Bonchev–Trinajstić information content (AvgIpc) is 3.09. The third kappa shape index (κ3) is 5.94. The summed E-state index contributed by atoms with van der Waals surface area (Å²) in [6, 6.07) is 4.82. The molecule has 0 bridgehead atoms. The van der Waals surface area contributed by atoms with E-state index in [-0.39, 0.29) is 5.82 Å². The molecule has 0 atom stereocenters. The first-order valence-electron chi connectivity index (χ1n) is 9.65. The van der Waals surface area contributed by atoms with Gasteiger partial charge in [-0.3, -0.25) is 4.99 Å². The zero-order chi connectivity index (χ0) is 18.9. The number of nitrogens with one attached hydrogen (secondary N) is 3. The van der Waals surface area contributed by atoms with Crippen molar-refractivity contribution < 1.29 is 13.9 Å². The molecule has 1 aromatic heterocycles. The molecular weight excluding hydrogens is 347 g/mol. The van der Waals surface area contributed by atoms with Gasteiger partial charge in [0.1, 0.15) is 5.82 Å². The molecule has 1 aromatic carbocycles. The highest BCUT2D eigenvalue weighted by molar-refractivity contribution is 5.83. The number of ether oxygens (including phenoxy) is 2. The van der Waals surface area contributed by atoms with Crippen LogP contribution in [0.15, 0.2) is 29.4 Å². The van der Waals surface area contributed by atoms with Gasteiger partial charge in [0.25, 0.3) is 0 Å². The second-order valence-corrected chi connectivity index (χ2v) is 6.72. The molecule has 2 heterocycles. The molecule has 6 nitrogen and oxygen atoms in total. The van der Waals surface area contributed by atoms with Gasteiger partial charge in [-0.2, -0.15) is 0 Å². The molecule has 27 heavy (non-hydrogen) atoms. The second kappa shape index (κ2) is 10.3. The first-order valence-corrected chi connectivity index (χ1v) is 9.65. The fraction of sp³-hybridized carbons (Fsp3) is 0.550. The number of benzene rings is 1. The van der Waals surface area contributed by atoms with Gasteiger partial charge < -0.3 is 25.1 Å². The smallest absolute Gasteiger partial charge is 0.190 e. The third-order valence-corrected chi connectivity index (χ3v) is 4.78. The average molecular weight is 376 g/mol. The summed E-state index contributed by atoms with van der Waals surface area (Å²) < 4.78 is 24.6. The van der Waals surface area contributed by atoms with Crippen LogP contribution in [0.1, 0.15) is 24.8 Å². The van der Waals surface area contributed by atoms with Gasteiger partial charge in [0.2, 0.25) is 0 Å². The Kier molecular flexibility index (Phi) is 7.47. The van der Waals surface area contributed by atoms with Gasteiger partial charge in [-0.25, -0.2) is 4.39 Å². The van der Waals surface area contributed by atoms with Gasteiger partial charge in [0.15, 0.2) is 5.96 Å². The highest BCUT2D eigenvalue weighted by atomic mass is 19.1. The lowest BCUT2D eigenvalue weighted by Gasteiger charge is -2.22. The van der Waals surface area contributed by atoms with E-state index in [1.807, 2.05) is 6.20 Å².